The fourth-order valence-corrected chi connectivity index (χ4v) is 2.99. The van der Waals surface area contributed by atoms with Crippen molar-refractivity contribution in [1.29, 1.82) is 0 Å². The van der Waals surface area contributed by atoms with Gasteiger partial charge in [-0.3, -0.25) is 4.79 Å². The van der Waals surface area contributed by atoms with Crippen molar-refractivity contribution in [3.8, 4) is 0 Å². The minimum atomic E-state index is -1.04. The number of carbonyl (C=O) groups is 2. The summed E-state index contributed by atoms with van der Waals surface area (Å²) in [4.78, 5) is 23.5. The fraction of sp³-hybridized carbons (Fsp3) is 0.875. The first-order valence-corrected chi connectivity index (χ1v) is 7.77. The highest BCUT2D eigenvalue weighted by Gasteiger charge is 2.44. The van der Waals surface area contributed by atoms with Gasteiger partial charge in [-0.1, -0.05) is 13.8 Å². The van der Waals surface area contributed by atoms with E-state index >= 15 is 0 Å². The lowest BCUT2D eigenvalue weighted by molar-refractivity contribution is -0.150. The molecule has 2 amide bonds. The molecule has 1 rings (SSSR count). The molecule has 5 nitrogen and oxygen atoms in total. The number of carboxylic acid groups (broad SMARTS) is 1. The molecule has 3 N–H and O–H groups in total. The maximum Gasteiger partial charge on any atom is 0.315 e. The molecule has 0 saturated heterocycles. The molecule has 1 saturated carbocycles. The van der Waals surface area contributed by atoms with Gasteiger partial charge in [0.25, 0.3) is 0 Å². The Kier molecular flexibility index (Phi) is 5.29. The van der Waals surface area contributed by atoms with E-state index in [-0.39, 0.29) is 12.1 Å². The van der Waals surface area contributed by atoms with Crippen molar-refractivity contribution in [3.05, 3.63) is 0 Å². The normalized spacial score (nSPS) is 27.0. The third-order valence-corrected chi connectivity index (χ3v) is 5.04. The third kappa shape index (κ3) is 4.35. The predicted octanol–water partition coefficient (Wildman–Crippen LogP) is 3.00. The number of hydrogen-bond acceptors (Lipinski definition) is 2. The summed E-state index contributed by atoms with van der Waals surface area (Å²) in [6.45, 7) is 11.2. The lowest BCUT2D eigenvalue weighted by Crippen LogP contribution is -2.60. The van der Waals surface area contributed by atoms with Crippen molar-refractivity contribution in [2.45, 2.75) is 72.4 Å². The van der Waals surface area contributed by atoms with Crippen molar-refractivity contribution in [2.75, 3.05) is 0 Å². The summed E-state index contributed by atoms with van der Waals surface area (Å²) in [7, 11) is 0. The van der Waals surface area contributed by atoms with Gasteiger partial charge in [0.1, 0.15) is 0 Å². The van der Waals surface area contributed by atoms with Crippen LogP contribution in [0.4, 0.5) is 4.79 Å². The van der Waals surface area contributed by atoms with Crippen LogP contribution in [-0.2, 0) is 4.79 Å². The second kappa shape index (κ2) is 6.24. The molecular weight excluding hydrogens is 268 g/mol. The molecule has 0 aromatic carbocycles. The first kappa shape index (κ1) is 17.8. The zero-order valence-corrected chi connectivity index (χ0v) is 14.1. The Bertz CT molecular complexity index is 394. The standard InChI is InChI=1S/C16H30N2O3/c1-10-7-11(2)9-12(8-10)17-14(21)18-16(5,6)15(3,4)13(19)20/h10-12H,7-9H2,1-6H3,(H,19,20)(H2,17,18,21). The summed E-state index contributed by atoms with van der Waals surface area (Å²) < 4.78 is 0. The molecule has 0 spiro atoms. The van der Waals surface area contributed by atoms with Crippen LogP contribution in [0.3, 0.4) is 0 Å². The van der Waals surface area contributed by atoms with Gasteiger partial charge in [-0.25, -0.2) is 4.79 Å². The van der Waals surface area contributed by atoms with Gasteiger partial charge in [0, 0.05) is 6.04 Å². The Morgan fingerprint density at radius 1 is 1.00 bits per heavy atom. The van der Waals surface area contributed by atoms with Gasteiger partial charge in [0.2, 0.25) is 0 Å². The number of urea groups is 1. The van der Waals surface area contributed by atoms with Gasteiger partial charge in [-0.15, -0.1) is 0 Å². The summed E-state index contributed by atoms with van der Waals surface area (Å²) in [6.07, 6.45) is 3.18. The molecule has 1 aliphatic carbocycles. The van der Waals surface area contributed by atoms with Crippen LogP contribution >= 0.6 is 0 Å². The zero-order valence-electron chi connectivity index (χ0n) is 14.1. The first-order chi connectivity index (χ1) is 9.45. The molecule has 0 aromatic rings. The largest absolute Gasteiger partial charge is 0.481 e. The quantitative estimate of drug-likeness (QED) is 0.746. The van der Waals surface area contributed by atoms with Gasteiger partial charge >= 0.3 is 12.0 Å². The van der Waals surface area contributed by atoms with E-state index in [1.165, 1.54) is 6.42 Å². The zero-order chi connectivity index (χ0) is 16.4. The highest BCUT2D eigenvalue weighted by molar-refractivity contribution is 5.79. The van der Waals surface area contributed by atoms with Crippen molar-refractivity contribution >= 4 is 12.0 Å². The van der Waals surface area contributed by atoms with E-state index in [1.807, 2.05) is 0 Å². The topological polar surface area (TPSA) is 78.4 Å². The Hall–Kier alpha value is -1.26. The molecule has 0 bridgehead atoms. The Morgan fingerprint density at radius 2 is 1.48 bits per heavy atom. The van der Waals surface area contributed by atoms with Crippen molar-refractivity contribution in [2.24, 2.45) is 17.3 Å². The van der Waals surface area contributed by atoms with Crippen LogP contribution in [0.25, 0.3) is 0 Å². The average Bonchev–Trinajstić information content (AvgIpc) is 2.25. The van der Waals surface area contributed by atoms with Crippen LogP contribution in [0.15, 0.2) is 0 Å². The summed E-state index contributed by atoms with van der Waals surface area (Å²) in [6, 6.07) is -0.104. The average molecular weight is 298 g/mol. The highest BCUT2D eigenvalue weighted by atomic mass is 16.4. The maximum atomic E-state index is 12.2. The summed E-state index contributed by atoms with van der Waals surface area (Å²) in [5, 5.41) is 15.1. The number of nitrogens with one attached hydrogen (secondary N) is 2. The Balaban J connectivity index is 2.63. The van der Waals surface area contributed by atoms with E-state index in [0.717, 1.165) is 12.8 Å². The number of rotatable bonds is 4. The molecule has 0 aromatic heterocycles. The highest BCUT2D eigenvalue weighted by Crippen LogP contribution is 2.31. The van der Waals surface area contributed by atoms with Gasteiger partial charge in [0.05, 0.1) is 11.0 Å². The molecule has 1 fully saturated rings. The van der Waals surface area contributed by atoms with Crippen molar-refractivity contribution < 1.29 is 14.7 Å². The molecular formula is C16H30N2O3. The first-order valence-electron chi connectivity index (χ1n) is 7.77. The number of carbonyl (C=O) groups excluding carboxylic acids is 1. The fourth-order valence-electron chi connectivity index (χ4n) is 2.99. The van der Waals surface area contributed by atoms with E-state index in [1.54, 1.807) is 27.7 Å². The molecule has 0 heterocycles. The minimum Gasteiger partial charge on any atom is -0.481 e. The molecule has 122 valence electrons. The number of amides is 2. The van der Waals surface area contributed by atoms with Crippen LogP contribution in [0.1, 0.15) is 60.8 Å². The van der Waals surface area contributed by atoms with Crippen LogP contribution in [-0.4, -0.2) is 28.7 Å². The summed E-state index contributed by atoms with van der Waals surface area (Å²) in [5.74, 6) is 0.303. The maximum absolute atomic E-state index is 12.2. The van der Waals surface area contributed by atoms with E-state index in [0.29, 0.717) is 11.8 Å². The molecule has 5 heteroatoms. The van der Waals surface area contributed by atoms with Crippen LogP contribution in [0.2, 0.25) is 0 Å². The summed E-state index contributed by atoms with van der Waals surface area (Å²) in [5.41, 5.74) is -1.88. The van der Waals surface area contributed by atoms with Crippen LogP contribution in [0, 0.1) is 17.3 Å². The number of carboxylic acids is 1. The lowest BCUT2D eigenvalue weighted by atomic mass is 9.74. The Labute approximate surface area is 127 Å². The molecule has 2 unspecified atom stereocenters. The van der Waals surface area contributed by atoms with Gasteiger partial charge in [-0.05, 0) is 58.8 Å². The van der Waals surface area contributed by atoms with Crippen LogP contribution < -0.4 is 10.6 Å². The van der Waals surface area contributed by atoms with Crippen molar-refractivity contribution in [1.82, 2.24) is 10.6 Å². The second-order valence-corrected chi connectivity index (χ2v) is 7.77. The van der Waals surface area contributed by atoms with E-state index in [9.17, 15) is 14.7 Å². The lowest BCUT2D eigenvalue weighted by Gasteiger charge is -2.39. The monoisotopic (exact) mass is 298 g/mol. The van der Waals surface area contributed by atoms with Crippen molar-refractivity contribution in [3.63, 3.8) is 0 Å². The van der Waals surface area contributed by atoms with E-state index < -0.39 is 16.9 Å². The van der Waals surface area contributed by atoms with Gasteiger partial charge in [0.15, 0.2) is 0 Å². The van der Waals surface area contributed by atoms with E-state index in [2.05, 4.69) is 24.5 Å². The van der Waals surface area contributed by atoms with Crippen LogP contribution in [0.5, 0.6) is 0 Å². The van der Waals surface area contributed by atoms with Gasteiger partial charge < -0.3 is 15.7 Å². The second-order valence-electron chi connectivity index (χ2n) is 7.77. The number of hydrogen-bond donors (Lipinski definition) is 3. The molecule has 2 atom stereocenters. The van der Waals surface area contributed by atoms with Gasteiger partial charge in [-0.2, -0.15) is 0 Å². The smallest absolute Gasteiger partial charge is 0.315 e. The molecule has 21 heavy (non-hydrogen) atoms. The molecule has 0 aliphatic heterocycles. The molecule has 0 radical (unpaired) electrons. The summed E-state index contributed by atoms with van der Waals surface area (Å²) >= 11 is 0. The Morgan fingerprint density at radius 3 is 1.90 bits per heavy atom. The molecule has 1 aliphatic rings. The SMILES string of the molecule is CC1CC(C)CC(NC(=O)NC(C)(C)C(C)(C)C(=O)O)C1. The minimum absolute atomic E-state index is 0.174. The predicted molar refractivity (Wildman–Crippen MR) is 83.1 cm³/mol. The number of aliphatic carboxylic acids is 1. The van der Waals surface area contributed by atoms with E-state index in [4.69, 9.17) is 0 Å². The third-order valence-electron chi connectivity index (χ3n) is 5.04.